The molecule has 0 radical (unpaired) electrons. The van der Waals surface area contributed by atoms with E-state index < -0.39 is 16.4 Å². The van der Waals surface area contributed by atoms with Gasteiger partial charge in [-0.15, -0.1) is 0 Å². The molecule has 0 aromatic rings. The summed E-state index contributed by atoms with van der Waals surface area (Å²) in [5.41, 5.74) is 0. The Balaban J connectivity index is 1.86. The minimum absolute atomic E-state index is 0.175. The van der Waals surface area contributed by atoms with Crippen LogP contribution >= 0.6 is 0 Å². The molecule has 2 fully saturated rings. The van der Waals surface area contributed by atoms with E-state index >= 15 is 0 Å². The Morgan fingerprint density at radius 2 is 1.47 bits per heavy atom. The molecule has 0 aromatic carbocycles. The highest BCUT2D eigenvalue weighted by atomic mass is 32.3. The minimum Gasteiger partial charge on any atom is -0.323 e. The number of hydrogen-bond acceptors (Lipinski definition) is 8. The zero-order valence-corrected chi connectivity index (χ0v) is 10.2. The molecule has 3 N–H and O–H groups in total. The highest BCUT2D eigenvalue weighted by Gasteiger charge is 2.53. The summed E-state index contributed by atoms with van der Waals surface area (Å²) in [4.78, 5) is 0. The van der Waals surface area contributed by atoms with Gasteiger partial charge < -0.3 is 20.7 Å². The van der Waals surface area contributed by atoms with Gasteiger partial charge in [0, 0.05) is 32.7 Å². The van der Waals surface area contributed by atoms with E-state index in [1.807, 2.05) is 0 Å². The monoisotopic (exact) mass is 267 g/mol. The second kappa shape index (κ2) is 5.57. The molecule has 100 valence electrons. The van der Waals surface area contributed by atoms with Crippen LogP contribution in [0.4, 0.5) is 0 Å². The van der Waals surface area contributed by atoms with Crippen LogP contribution in [0.3, 0.4) is 0 Å². The SMILES string of the molecule is O=S1(=O)OC2(CNCCNCCNCCO2)O1. The molecule has 2 aliphatic rings. The van der Waals surface area contributed by atoms with Crippen molar-refractivity contribution in [2.75, 3.05) is 45.9 Å². The highest BCUT2D eigenvalue weighted by molar-refractivity contribution is 7.82. The van der Waals surface area contributed by atoms with E-state index in [1.165, 1.54) is 0 Å². The third-order valence-corrected chi connectivity index (χ3v) is 3.27. The molecular formula is C8H17N3O5S. The maximum absolute atomic E-state index is 10.9. The molecule has 0 aliphatic carbocycles. The third-order valence-electron chi connectivity index (χ3n) is 2.36. The first-order chi connectivity index (χ1) is 8.12. The van der Waals surface area contributed by atoms with Crippen molar-refractivity contribution in [3.63, 3.8) is 0 Å². The van der Waals surface area contributed by atoms with Gasteiger partial charge in [-0.3, -0.25) is 0 Å². The second-order valence-corrected chi connectivity index (χ2v) is 4.93. The van der Waals surface area contributed by atoms with Gasteiger partial charge in [0.15, 0.2) is 0 Å². The van der Waals surface area contributed by atoms with Crippen molar-refractivity contribution in [2.45, 2.75) is 5.97 Å². The number of rotatable bonds is 0. The van der Waals surface area contributed by atoms with E-state index in [2.05, 4.69) is 24.3 Å². The van der Waals surface area contributed by atoms with Crippen molar-refractivity contribution in [2.24, 2.45) is 0 Å². The van der Waals surface area contributed by atoms with Crippen LogP contribution < -0.4 is 16.0 Å². The average Bonchev–Trinajstić information content (AvgIpc) is 2.20. The van der Waals surface area contributed by atoms with Crippen LogP contribution in [-0.2, 0) is 23.5 Å². The molecule has 2 rings (SSSR count). The molecule has 17 heavy (non-hydrogen) atoms. The van der Waals surface area contributed by atoms with E-state index in [0.29, 0.717) is 19.7 Å². The molecule has 1 spiro atoms. The van der Waals surface area contributed by atoms with Crippen molar-refractivity contribution in [3.05, 3.63) is 0 Å². The van der Waals surface area contributed by atoms with Gasteiger partial charge in [0.2, 0.25) is 0 Å². The van der Waals surface area contributed by atoms with Crippen molar-refractivity contribution >= 4 is 10.4 Å². The molecule has 0 atom stereocenters. The van der Waals surface area contributed by atoms with Crippen LogP contribution in [0.5, 0.6) is 0 Å². The maximum atomic E-state index is 10.9. The zero-order chi connectivity index (χ0) is 12.2. The number of hydrogen-bond donors (Lipinski definition) is 3. The molecule has 9 heteroatoms. The molecule has 0 amide bonds. The summed E-state index contributed by atoms with van der Waals surface area (Å²) >= 11 is 0. The first kappa shape index (κ1) is 13.1. The van der Waals surface area contributed by atoms with Crippen molar-refractivity contribution < 1.29 is 21.5 Å². The third kappa shape index (κ3) is 3.85. The molecule has 0 saturated carbocycles. The summed E-state index contributed by atoms with van der Waals surface area (Å²) in [6, 6.07) is 0. The van der Waals surface area contributed by atoms with Gasteiger partial charge in [-0.1, -0.05) is 0 Å². The lowest BCUT2D eigenvalue weighted by Gasteiger charge is -2.38. The predicted octanol–water partition coefficient (Wildman–Crippen LogP) is -2.27. The van der Waals surface area contributed by atoms with Crippen molar-refractivity contribution in [3.8, 4) is 0 Å². The van der Waals surface area contributed by atoms with Crippen molar-refractivity contribution in [1.82, 2.24) is 16.0 Å². The molecule has 0 bridgehead atoms. The van der Waals surface area contributed by atoms with Crippen LogP contribution in [0.15, 0.2) is 0 Å². The van der Waals surface area contributed by atoms with E-state index in [9.17, 15) is 8.42 Å². The summed E-state index contributed by atoms with van der Waals surface area (Å²) in [5, 5.41) is 9.37. The molecule has 8 nitrogen and oxygen atoms in total. The average molecular weight is 267 g/mol. The first-order valence-electron chi connectivity index (χ1n) is 5.54. The fourth-order valence-corrected chi connectivity index (χ4v) is 2.45. The van der Waals surface area contributed by atoms with Gasteiger partial charge in [-0.05, 0) is 0 Å². The summed E-state index contributed by atoms with van der Waals surface area (Å²) in [7, 11) is -3.86. The van der Waals surface area contributed by atoms with Crippen LogP contribution in [0.25, 0.3) is 0 Å². The van der Waals surface area contributed by atoms with Gasteiger partial charge in [0.1, 0.15) is 0 Å². The minimum atomic E-state index is -3.86. The fourth-order valence-electron chi connectivity index (χ4n) is 1.60. The van der Waals surface area contributed by atoms with Gasteiger partial charge in [0.05, 0.1) is 13.2 Å². The molecule has 0 aromatic heterocycles. The van der Waals surface area contributed by atoms with Crippen LogP contribution in [0.2, 0.25) is 0 Å². The summed E-state index contributed by atoms with van der Waals surface area (Å²) in [6.07, 6.45) is 0. The Labute approximate surface area is 100 Å². The van der Waals surface area contributed by atoms with E-state index in [1.54, 1.807) is 0 Å². The number of nitrogens with one attached hydrogen (secondary N) is 3. The van der Waals surface area contributed by atoms with Crippen LogP contribution in [0.1, 0.15) is 0 Å². The lowest BCUT2D eigenvalue weighted by atomic mass is 10.4. The lowest BCUT2D eigenvalue weighted by molar-refractivity contribution is -0.344. The lowest BCUT2D eigenvalue weighted by Crippen LogP contribution is -2.59. The summed E-state index contributed by atoms with van der Waals surface area (Å²) in [6.45, 7) is 4.27. The second-order valence-electron chi connectivity index (χ2n) is 3.78. The molecular weight excluding hydrogens is 250 g/mol. The molecule has 2 saturated heterocycles. The van der Waals surface area contributed by atoms with E-state index in [0.717, 1.165) is 19.6 Å². The normalized spacial score (nSPS) is 29.9. The van der Waals surface area contributed by atoms with Gasteiger partial charge >= 0.3 is 16.4 Å². The fraction of sp³-hybridized carbons (Fsp3) is 1.00. The predicted molar refractivity (Wildman–Crippen MR) is 58.4 cm³/mol. The molecule has 0 unspecified atom stereocenters. The van der Waals surface area contributed by atoms with Gasteiger partial charge in [-0.2, -0.15) is 16.8 Å². The smallest absolute Gasteiger partial charge is 0.323 e. The summed E-state index contributed by atoms with van der Waals surface area (Å²) < 4.78 is 36.4. The Morgan fingerprint density at radius 1 is 0.882 bits per heavy atom. The largest absolute Gasteiger partial charge is 0.409 e. The Kier molecular flexibility index (Phi) is 4.31. The zero-order valence-electron chi connectivity index (χ0n) is 9.40. The maximum Gasteiger partial charge on any atom is 0.409 e. The van der Waals surface area contributed by atoms with Gasteiger partial charge in [0.25, 0.3) is 0 Å². The van der Waals surface area contributed by atoms with Crippen LogP contribution in [0, 0.1) is 0 Å². The van der Waals surface area contributed by atoms with Crippen LogP contribution in [-0.4, -0.2) is 60.3 Å². The Hall–Kier alpha value is -0.290. The first-order valence-corrected chi connectivity index (χ1v) is 6.88. The number of ether oxygens (including phenoxy) is 1. The Morgan fingerprint density at radius 3 is 2.12 bits per heavy atom. The van der Waals surface area contributed by atoms with Gasteiger partial charge in [-0.25, -0.2) is 0 Å². The molecule has 2 heterocycles. The summed E-state index contributed by atoms with van der Waals surface area (Å²) in [5.74, 6) is -1.49. The molecule has 2 aliphatic heterocycles. The van der Waals surface area contributed by atoms with E-state index in [4.69, 9.17) is 4.74 Å². The highest BCUT2D eigenvalue weighted by Crippen LogP contribution is 2.31. The standard InChI is InChI=1S/C8H17N3O5S/c12-17(13)15-8(16-17)7-11-4-3-9-1-2-10-5-6-14-8/h9-11H,1-7H2. The quantitative estimate of drug-likeness (QED) is 0.452. The Bertz CT molecular complexity index is 321. The van der Waals surface area contributed by atoms with Crippen molar-refractivity contribution in [1.29, 1.82) is 0 Å². The topological polar surface area (TPSA) is 97.9 Å². The van der Waals surface area contributed by atoms with E-state index in [-0.39, 0.29) is 6.54 Å².